The van der Waals surface area contributed by atoms with Crippen molar-refractivity contribution in [1.82, 2.24) is 0 Å². The molecule has 0 unspecified atom stereocenters. The molecule has 0 aromatic heterocycles. The fourth-order valence-corrected chi connectivity index (χ4v) is 0.812. The third-order valence-corrected chi connectivity index (χ3v) is 1.50. The summed E-state index contributed by atoms with van der Waals surface area (Å²) in [6.07, 6.45) is 5.01. The minimum atomic E-state index is 0.00977. The number of ether oxygens (including phenoxy) is 1. The minimum absolute atomic E-state index is 0.00977. The monoisotopic (exact) mass is 180 g/mol. The molecule has 2 heteroatoms. The Kier molecular flexibility index (Phi) is 5.60. The van der Waals surface area contributed by atoms with Gasteiger partial charge < -0.3 is 4.74 Å². The van der Waals surface area contributed by atoms with Gasteiger partial charge in [-0.2, -0.15) is 0 Å². The van der Waals surface area contributed by atoms with Gasteiger partial charge in [0.05, 0.1) is 12.4 Å². The number of allylic oxidation sites excluding steroid dienone is 5. The van der Waals surface area contributed by atoms with Gasteiger partial charge in [-0.1, -0.05) is 12.7 Å². The third kappa shape index (κ3) is 5.01. The molecule has 0 aliphatic heterocycles. The van der Waals surface area contributed by atoms with Crippen molar-refractivity contribution in [3.05, 3.63) is 36.1 Å². The second kappa shape index (κ2) is 6.23. The standard InChI is InChI=1S/C11H16O2/c1-5-11(10(4)12)8-7-9(3)13-6-2/h5,7-8H,1,6H2,2-4H3/b9-7+,11-8+. The summed E-state index contributed by atoms with van der Waals surface area (Å²) in [5.41, 5.74) is 0.596. The topological polar surface area (TPSA) is 26.3 Å². The van der Waals surface area contributed by atoms with Crippen LogP contribution in [0, 0.1) is 0 Å². The van der Waals surface area contributed by atoms with Gasteiger partial charge >= 0.3 is 0 Å². The Morgan fingerprint density at radius 2 is 2.00 bits per heavy atom. The van der Waals surface area contributed by atoms with Crippen LogP contribution in [0.4, 0.5) is 0 Å². The highest BCUT2D eigenvalue weighted by atomic mass is 16.5. The molecule has 72 valence electrons. The lowest BCUT2D eigenvalue weighted by Gasteiger charge is -2.00. The average molecular weight is 180 g/mol. The van der Waals surface area contributed by atoms with Crippen LogP contribution in [0.3, 0.4) is 0 Å². The molecule has 2 nitrogen and oxygen atoms in total. The molecule has 0 N–H and O–H groups in total. The van der Waals surface area contributed by atoms with Crippen LogP contribution in [-0.4, -0.2) is 12.4 Å². The summed E-state index contributed by atoms with van der Waals surface area (Å²) in [6, 6.07) is 0. The summed E-state index contributed by atoms with van der Waals surface area (Å²) < 4.78 is 5.19. The normalized spacial score (nSPS) is 12.5. The number of Topliss-reactive ketones (excluding diaryl/α,β-unsaturated/α-hetero) is 1. The van der Waals surface area contributed by atoms with E-state index in [2.05, 4.69) is 6.58 Å². The van der Waals surface area contributed by atoms with Crippen molar-refractivity contribution in [2.45, 2.75) is 20.8 Å². The van der Waals surface area contributed by atoms with Gasteiger partial charge in [-0.3, -0.25) is 4.79 Å². The molecular weight excluding hydrogens is 164 g/mol. The molecule has 0 atom stereocenters. The zero-order valence-corrected chi connectivity index (χ0v) is 8.46. The van der Waals surface area contributed by atoms with Crippen molar-refractivity contribution in [2.75, 3.05) is 6.61 Å². The molecule has 13 heavy (non-hydrogen) atoms. The molecule has 0 amide bonds. The molecule has 0 saturated carbocycles. The maximum Gasteiger partial charge on any atom is 0.159 e. The molecule has 0 aromatic carbocycles. The van der Waals surface area contributed by atoms with Crippen molar-refractivity contribution in [1.29, 1.82) is 0 Å². The van der Waals surface area contributed by atoms with E-state index in [4.69, 9.17) is 4.74 Å². The largest absolute Gasteiger partial charge is 0.499 e. The first-order chi connectivity index (χ1) is 6.11. The predicted molar refractivity (Wildman–Crippen MR) is 54.3 cm³/mol. The molecular formula is C11H16O2. The second-order valence-corrected chi connectivity index (χ2v) is 2.59. The van der Waals surface area contributed by atoms with E-state index in [1.54, 1.807) is 12.2 Å². The number of hydrogen-bond donors (Lipinski definition) is 0. The first-order valence-corrected chi connectivity index (χ1v) is 4.26. The predicted octanol–water partition coefficient (Wildman–Crippen LogP) is 2.63. The fraction of sp³-hybridized carbons (Fsp3) is 0.364. The van der Waals surface area contributed by atoms with E-state index >= 15 is 0 Å². The Bertz CT molecular complexity index is 247. The van der Waals surface area contributed by atoms with Gasteiger partial charge in [0.15, 0.2) is 5.78 Å². The molecule has 0 bridgehead atoms. The molecule has 0 aliphatic rings. The van der Waals surface area contributed by atoms with Crippen LogP contribution in [0.1, 0.15) is 20.8 Å². The summed E-state index contributed by atoms with van der Waals surface area (Å²) in [7, 11) is 0. The van der Waals surface area contributed by atoms with Crippen LogP contribution >= 0.6 is 0 Å². The van der Waals surface area contributed by atoms with Crippen LogP contribution < -0.4 is 0 Å². The fourth-order valence-electron chi connectivity index (χ4n) is 0.812. The summed E-state index contributed by atoms with van der Waals surface area (Å²) in [5, 5.41) is 0. The average Bonchev–Trinajstić information content (AvgIpc) is 2.05. The molecule has 0 fully saturated rings. The van der Waals surface area contributed by atoms with Gasteiger partial charge in [0, 0.05) is 5.57 Å². The second-order valence-electron chi connectivity index (χ2n) is 2.59. The number of carbonyl (C=O) groups excluding carboxylic acids is 1. The van der Waals surface area contributed by atoms with Gasteiger partial charge in [-0.25, -0.2) is 0 Å². The van der Waals surface area contributed by atoms with E-state index < -0.39 is 0 Å². The number of carbonyl (C=O) groups is 1. The van der Waals surface area contributed by atoms with Gasteiger partial charge in [0.2, 0.25) is 0 Å². The number of ketones is 1. The zero-order chi connectivity index (χ0) is 10.3. The van der Waals surface area contributed by atoms with E-state index in [0.29, 0.717) is 12.2 Å². The van der Waals surface area contributed by atoms with E-state index in [0.717, 1.165) is 5.76 Å². The quantitative estimate of drug-likeness (QED) is 0.369. The Labute approximate surface area is 79.6 Å². The van der Waals surface area contributed by atoms with Gasteiger partial charge in [0.1, 0.15) is 0 Å². The maximum atomic E-state index is 10.9. The zero-order valence-electron chi connectivity index (χ0n) is 8.46. The molecule has 0 heterocycles. The third-order valence-electron chi connectivity index (χ3n) is 1.50. The molecule has 0 radical (unpaired) electrons. The van der Waals surface area contributed by atoms with Crippen LogP contribution in [-0.2, 0) is 9.53 Å². The summed E-state index contributed by atoms with van der Waals surface area (Å²) >= 11 is 0. The highest BCUT2D eigenvalue weighted by Crippen LogP contribution is 2.01. The Balaban J connectivity index is 4.44. The number of hydrogen-bond acceptors (Lipinski definition) is 2. The van der Waals surface area contributed by atoms with Crippen LogP contribution in [0.25, 0.3) is 0 Å². The van der Waals surface area contributed by atoms with Crippen molar-refractivity contribution in [2.24, 2.45) is 0 Å². The van der Waals surface area contributed by atoms with Crippen molar-refractivity contribution in [3.8, 4) is 0 Å². The summed E-state index contributed by atoms with van der Waals surface area (Å²) in [5.74, 6) is 0.804. The van der Waals surface area contributed by atoms with Crippen molar-refractivity contribution in [3.63, 3.8) is 0 Å². The van der Waals surface area contributed by atoms with E-state index in [-0.39, 0.29) is 5.78 Å². The minimum Gasteiger partial charge on any atom is -0.499 e. The summed E-state index contributed by atoms with van der Waals surface area (Å²) in [4.78, 5) is 10.9. The lowest BCUT2D eigenvalue weighted by molar-refractivity contribution is -0.113. The first kappa shape index (κ1) is 11.7. The smallest absolute Gasteiger partial charge is 0.159 e. The van der Waals surface area contributed by atoms with E-state index in [1.165, 1.54) is 13.0 Å². The summed E-state index contributed by atoms with van der Waals surface area (Å²) in [6.45, 7) is 9.46. The highest BCUT2D eigenvalue weighted by molar-refractivity contribution is 5.96. The van der Waals surface area contributed by atoms with Gasteiger partial charge in [0.25, 0.3) is 0 Å². The lowest BCUT2D eigenvalue weighted by atomic mass is 10.1. The van der Waals surface area contributed by atoms with Gasteiger partial charge in [-0.05, 0) is 32.9 Å². The molecule has 0 aliphatic carbocycles. The Morgan fingerprint density at radius 3 is 2.38 bits per heavy atom. The maximum absolute atomic E-state index is 10.9. The van der Waals surface area contributed by atoms with Crippen molar-refractivity contribution >= 4 is 5.78 Å². The first-order valence-electron chi connectivity index (χ1n) is 4.26. The highest BCUT2D eigenvalue weighted by Gasteiger charge is 1.95. The SMILES string of the molecule is C=C/C(=C\C=C(/C)OCC)C(C)=O. The Morgan fingerprint density at radius 1 is 1.38 bits per heavy atom. The molecule has 0 saturated heterocycles. The van der Waals surface area contributed by atoms with E-state index in [9.17, 15) is 4.79 Å². The number of rotatable bonds is 5. The van der Waals surface area contributed by atoms with Crippen LogP contribution in [0.15, 0.2) is 36.1 Å². The molecule has 0 spiro atoms. The van der Waals surface area contributed by atoms with Crippen LogP contribution in [0.2, 0.25) is 0 Å². The van der Waals surface area contributed by atoms with Gasteiger partial charge in [-0.15, -0.1) is 0 Å². The van der Waals surface area contributed by atoms with Crippen molar-refractivity contribution < 1.29 is 9.53 Å². The van der Waals surface area contributed by atoms with Crippen LogP contribution in [0.5, 0.6) is 0 Å². The Hall–Kier alpha value is -1.31. The molecule has 0 rings (SSSR count). The van der Waals surface area contributed by atoms with E-state index in [1.807, 2.05) is 13.8 Å². The molecule has 0 aromatic rings. The lowest BCUT2D eigenvalue weighted by Crippen LogP contribution is -1.92.